The molecule has 1 heterocycles. The van der Waals surface area contributed by atoms with Gasteiger partial charge in [-0.05, 0) is 37.0 Å². The third-order valence-electron chi connectivity index (χ3n) is 4.85. The molecule has 2 aromatic carbocycles. The lowest BCUT2D eigenvalue weighted by Gasteiger charge is -2.18. The minimum absolute atomic E-state index is 0.149. The molecular weight excluding hydrogens is 350 g/mol. The summed E-state index contributed by atoms with van der Waals surface area (Å²) < 4.78 is 11.6. The van der Waals surface area contributed by atoms with E-state index >= 15 is 0 Å². The zero-order chi connectivity index (χ0) is 19.6. The SMILES string of the molecule is CN=C(NCCCc1ccccc1)NCc1ccc(C)cc1OC1CCOC1. The zero-order valence-electron chi connectivity index (χ0n) is 16.9. The van der Waals surface area contributed by atoms with Crippen molar-refractivity contribution in [2.24, 2.45) is 4.99 Å². The van der Waals surface area contributed by atoms with Crippen molar-refractivity contribution < 1.29 is 9.47 Å². The first kappa shape index (κ1) is 20.2. The normalized spacial score (nSPS) is 16.8. The molecule has 3 rings (SSSR count). The molecule has 0 aliphatic carbocycles. The van der Waals surface area contributed by atoms with E-state index in [4.69, 9.17) is 9.47 Å². The number of nitrogens with one attached hydrogen (secondary N) is 2. The first-order chi connectivity index (χ1) is 13.7. The summed E-state index contributed by atoms with van der Waals surface area (Å²) in [6.45, 7) is 5.09. The highest BCUT2D eigenvalue weighted by atomic mass is 16.5. The molecule has 0 spiro atoms. The summed E-state index contributed by atoms with van der Waals surface area (Å²) in [6, 6.07) is 16.9. The summed E-state index contributed by atoms with van der Waals surface area (Å²) in [5.74, 6) is 1.74. The van der Waals surface area contributed by atoms with Gasteiger partial charge in [-0.3, -0.25) is 4.99 Å². The minimum Gasteiger partial charge on any atom is -0.488 e. The van der Waals surface area contributed by atoms with Gasteiger partial charge in [-0.2, -0.15) is 0 Å². The van der Waals surface area contributed by atoms with Crippen molar-refractivity contribution >= 4 is 5.96 Å². The smallest absolute Gasteiger partial charge is 0.191 e. The summed E-state index contributed by atoms with van der Waals surface area (Å²) in [4.78, 5) is 4.33. The van der Waals surface area contributed by atoms with E-state index in [0.717, 1.165) is 49.7 Å². The topological polar surface area (TPSA) is 54.9 Å². The van der Waals surface area contributed by atoms with Crippen LogP contribution in [0.2, 0.25) is 0 Å². The highest BCUT2D eigenvalue weighted by Gasteiger charge is 2.18. The molecule has 5 nitrogen and oxygen atoms in total. The quantitative estimate of drug-likeness (QED) is 0.418. The number of nitrogens with zero attached hydrogens (tertiary/aromatic N) is 1. The van der Waals surface area contributed by atoms with Gasteiger partial charge in [0.05, 0.1) is 13.2 Å². The average molecular weight is 382 g/mol. The molecule has 5 heteroatoms. The lowest BCUT2D eigenvalue weighted by Crippen LogP contribution is -2.37. The maximum absolute atomic E-state index is 6.18. The third-order valence-corrected chi connectivity index (χ3v) is 4.85. The molecule has 2 N–H and O–H groups in total. The van der Waals surface area contributed by atoms with Gasteiger partial charge in [0, 0.05) is 32.1 Å². The Kier molecular flexibility index (Phi) is 7.73. The lowest BCUT2D eigenvalue weighted by molar-refractivity contribution is 0.140. The van der Waals surface area contributed by atoms with Crippen LogP contribution in [0.4, 0.5) is 0 Å². The Labute approximate surface area is 168 Å². The number of guanidine groups is 1. The van der Waals surface area contributed by atoms with E-state index < -0.39 is 0 Å². The summed E-state index contributed by atoms with van der Waals surface area (Å²) in [5.41, 5.74) is 3.69. The van der Waals surface area contributed by atoms with Crippen LogP contribution in [0, 0.1) is 6.92 Å². The summed E-state index contributed by atoms with van der Waals surface area (Å²) >= 11 is 0. The standard InChI is InChI=1S/C23H31N3O2/c1-18-10-11-20(22(15-18)28-21-12-14-27-17-21)16-26-23(24-2)25-13-6-9-19-7-4-3-5-8-19/h3-5,7-8,10-11,15,21H,6,9,12-14,16-17H2,1-2H3,(H2,24,25,26). The lowest BCUT2D eigenvalue weighted by atomic mass is 10.1. The zero-order valence-corrected chi connectivity index (χ0v) is 16.9. The molecule has 1 aliphatic rings. The fourth-order valence-corrected chi connectivity index (χ4v) is 3.25. The number of aryl methyl sites for hydroxylation is 2. The first-order valence-electron chi connectivity index (χ1n) is 10.1. The van der Waals surface area contributed by atoms with Gasteiger partial charge < -0.3 is 20.1 Å². The van der Waals surface area contributed by atoms with Gasteiger partial charge in [0.1, 0.15) is 11.9 Å². The van der Waals surface area contributed by atoms with E-state index in [1.807, 2.05) is 0 Å². The fourth-order valence-electron chi connectivity index (χ4n) is 3.25. The highest BCUT2D eigenvalue weighted by Crippen LogP contribution is 2.23. The molecule has 1 saturated heterocycles. The number of hydrogen-bond donors (Lipinski definition) is 2. The summed E-state index contributed by atoms with van der Waals surface area (Å²) in [5, 5.41) is 6.79. The van der Waals surface area contributed by atoms with Crippen LogP contribution in [0.5, 0.6) is 5.75 Å². The van der Waals surface area contributed by atoms with Gasteiger partial charge in [0.15, 0.2) is 5.96 Å². The molecule has 0 aromatic heterocycles. The largest absolute Gasteiger partial charge is 0.488 e. The molecule has 0 saturated carbocycles. The Morgan fingerprint density at radius 2 is 2.04 bits per heavy atom. The highest BCUT2D eigenvalue weighted by molar-refractivity contribution is 5.79. The molecule has 1 unspecified atom stereocenters. The van der Waals surface area contributed by atoms with E-state index in [9.17, 15) is 0 Å². The molecular formula is C23H31N3O2. The minimum atomic E-state index is 0.149. The van der Waals surface area contributed by atoms with Crippen molar-refractivity contribution in [2.45, 2.75) is 38.8 Å². The van der Waals surface area contributed by atoms with Crippen molar-refractivity contribution in [3.63, 3.8) is 0 Å². The van der Waals surface area contributed by atoms with E-state index in [2.05, 4.69) is 71.1 Å². The molecule has 2 aromatic rings. The molecule has 1 atom stereocenters. The number of aliphatic imine (C=N–C) groups is 1. The fraction of sp³-hybridized carbons (Fsp3) is 0.435. The van der Waals surface area contributed by atoms with Crippen LogP contribution in [0.1, 0.15) is 29.5 Å². The Bertz CT molecular complexity index is 756. The monoisotopic (exact) mass is 381 g/mol. The van der Waals surface area contributed by atoms with Gasteiger partial charge in [-0.25, -0.2) is 0 Å². The van der Waals surface area contributed by atoms with Crippen molar-refractivity contribution in [1.29, 1.82) is 0 Å². The van der Waals surface area contributed by atoms with Crippen LogP contribution in [-0.2, 0) is 17.7 Å². The molecule has 150 valence electrons. The number of hydrogen-bond acceptors (Lipinski definition) is 3. The predicted octanol–water partition coefficient (Wildman–Crippen LogP) is 3.46. The molecule has 0 amide bonds. The van der Waals surface area contributed by atoms with Crippen LogP contribution >= 0.6 is 0 Å². The van der Waals surface area contributed by atoms with Crippen LogP contribution in [0.3, 0.4) is 0 Å². The average Bonchev–Trinajstić information content (AvgIpc) is 3.22. The van der Waals surface area contributed by atoms with Crippen LogP contribution in [-0.4, -0.2) is 38.9 Å². The van der Waals surface area contributed by atoms with Crippen molar-refractivity contribution in [3.8, 4) is 5.75 Å². The van der Waals surface area contributed by atoms with Crippen molar-refractivity contribution in [3.05, 3.63) is 65.2 Å². The van der Waals surface area contributed by atoms with Gasteiger partial charge in [0.2, 0.25) is 0 Å². The second-order valence-corrected chi connectivity index (χ2v) is 7.16. The molecule has 0 radical (unpaired) electrons. The van der Waals surface area contributed by atoms with E-state index in [0.29, 0.717) is 13.2 Å². The maximum Gasteiger partial charge on any atom is 0.191 e. The van der Waals surface area contributed by atoms with Gasteiger partial charge >= 0.3 is 0 Å². The number of benzene rings is 2. The van der Waals surface area contributed by atoms with Crippen LogP contribution in [0.25, 0.3) is 0 Å². The number of rotatable bonds is 8. The Morgan fingerprint density at radius 1 is 1.18 bits per heavy atom. The van der Waals surface area contributed by atoms with Gasteiger partial charge in [-0.15, -0.1) is 0 Å². The second kappa shape index (κ2) is 10.7. The van der Waals surface area contributed by atoms with E-state index in [-0.39, 0.29) is 6.10 Å². The predicted molar refractivity (Wildman–Crippen MR) is 114 cm³/mol. The van der Waals surface area contributed by atoms with Crippen LogP contribution in [0.15, 0.2) is 53.5 Å². The Morgan fingerprint density at radius 3 is 2.79 bits per heavy atom. The van der Waals surface area contributed by atoms with E-state index in [1.54, 1.807) is 7.05 Å². The maximum atomic E-state index is 6.18. The van der Waals surface area contributed by atoms with Crippen LogP contribution < -0.4 is 15.4 Å². The second-order valence-electron chi connectivity index (χ2n) is 7.16. The van der Waals surface area contributed by atoms with E-state index in [1.165, 1.54) is 11.1 Å². The number of ether oxygens (including phenoxy) is 2. The molecule has 0 bridgehead atoms. The summed E-state index contributed by atoms with van der Waals surface area (Å²) in [6.07, 6.45) is 3.22. The molecule has 1 aliphatic heterocycles. The first-order valence-corrected chi connectivity index (χ1v) is 10.1. The van der Waals surface area contributed by atoms with Crippen molar-refractivity contribution in [2.75, 3.05) is 26.8 Å². The molecule has 1 fully saturated rings. The van der Waals surface area contributed by atoms with Crippen molar-refractivity contribution in [1.82, 2.24) is 10.6 Å². The summed E-state index contributed by atoms with van der Waals surface area (Å²) in [7, 11) is 1.80. The van der Waals surface area contributed by atoms with Gasteiger partial charge in [0.25, 0.3) is 0 Å². The molecule has 28 heavy (non-hydrogen) atoms. The third kappa shape index (κ3) is 6.27. The van der Waals surface area contributed by atoms with Gasteiger partial charge in [-0.1, -0.05) is 42.5 Å². The Balaban J connectivity index is 1.47. The Hall–Kier alpha value is -2.53.